The van der Waals surface area contributed by atoms with Crippen LogP contribution in [0.1, 0.15) is 25.3 Å². The van der Waals surface area contributed by atoms with Gasteiger partial charge in [0.1, 0.15) is 0 Å². The Kier molecular flexibility index (Phi) is 3.64. The fourth-order valence-corrected chi connectivity index (χ4v) is 3.06. The van der Waals surface area contributed by atoms with Crippen molar-refractivity contribution in [3.63, 3.8) is 0 Å². The molecule has 0 atom stereocenters. The minimum Gasteiger partial charge on any atom is -0.332 e. The maximum atomic E-state index is 5.98. The first-order valence-electron chi connectivity index (χ1n) is 6.55. The normalized spacial score (nSPS) is 11.2. The van der Waals surface area contributed by atoms with E-state index in [0.717, 1.165) is 26.1 Å². The average Bonchev–Trinajstić information content (AvgIpc) is 2.80. The Labute approximate surface area is 127 Å². The molecule has 2 nitrogen and oxygen atoms in total. The molecule has 3 aromatic rings. The summed E-state index contributed by atoms with van der Waals surface area (Å²) < 4.78 is 1.13. The lowest BCUT2D eigenvalue weighted by Crippen LogP contribution is -1.91. The number of halogens is 1. The van der Waals surface area contributed by atoms with Crippen molar-refractivity contribution in [2.24, 2.45) is 0 Å². The molecule has 3 rings (SSSR count). The highest BCUT2D eigenvalue weighted by Gasteiger charge is 2.05. The molecule has 0 radical (unpaired) electrons. The summed E-state index contributed by atoms with van der Waals surface area (Å²) in [5, 5.41) is 4.95. The first-order chi connectivity index (χ1) is 9.61. The molecule has 1 N–H and O–H groups in total. The van der Waals surface area contributed by atoms with Crippen molar-refractivity contribution in [2.75, 3.05) is 5.32 Å². The van der Waals surface area contributed by atoms with E-state index in [1.807, 2.05) is 18.2 Å². The van der Waals surface area contributed by atoms with E-state index in [2.05, 4.69) is 48.4 Å². The minimum atomic E-state index is 0.550. The Morgan fingerprint density at radius 2 is 1.85 bits per heavy atom. The molecule has 0 amide bonds. The van der Waals surface area contributed by atoms with Crippen LogP contribution < -0.4 is 5.32 Å². The molecular formula is C16H15ClN2S. The maximum Gasteiger partial charge on any atom is 0.188 e. The van der Waals surface area contributed by atoms with Crippen molar-refractivity contribution in [1.29, 1.82) is 0 Å². The van der Waals surface area contributed by atoms with Gasteiger partial charge in [0.15, 0.2) is 5.13 Å². The van der Waals surface area contributed by atoms with Gasteiger partial charge in [0.05, 0.1) is 10.2 Å². The van der Waals surface area contributed by atoms with Gasteiger partial charge < -0.3 is 5.32 Å². The molecule has 4 heteroatoms. The molecule has 102 valence electrons. The van der Waals surface area contributed by atoms with Crippen LogP contribution in [0.2, 0.25) is 5.02 Å². The van der Waals surface area contributed by atoms with Crippen molar-refractivity contribution in [1.82, 2.24) is 4.98 Å². The summed E-state index contributed by atoms with van der Waals surface area (Å²) in [6.07, 6.45) is 0. The second-order valence-corrected chi connectivity index (χ2v) is 6.50. The Morgan fingerprint density at radius 1 is 1.10 bits per heavy atom. The van der Waals surface area contributed by atoms with E-state index in [4.69, 9.17) is 11.6 Å². The molecule has 1 aromatic heterocycles. The summed E-state index contributed by atoms with van der Waals surface area (Å²) in [5.41, 5.74) is 3.33. The van der Waals surface area contributed by atoms with Crippen LogP contribution in [0.25, 0.3) is 10.2 Å². The molecule has 0 saturated carbocycles. The smallest absolute Gasteiger partial charge is 0.188 e. The van der Waals surface area contributed by atoms with Gasteiger partial charge in [-0.05, 0) is 41.8 Å². The quantitative estimate of drug-likeness (QED) is 0.659. The first kappa shape index (κ1) is 13.4. The van der Waals surface area contributed by atoms with Crippen molar-refractivity contribution < 1.29 is 0 Å². The van der Waals surface area contributed by atoms with Crippen molar-refractivity contribution >= 4 is 44.0 Å². The van der Waals surface area contributed by atoms with Gasteiger partial charge in [-0.2, -0.15) is 0 Å². The van der Waals surface area contributed by atoms with E-state index in [1.54, 1.807) is 11.3 Å². The predicted octanol–water partition coefficient (Wildman–Crippen LogP) is 5.82. The molecule has 20 heavy (non-hydrogen) atoms. The van der Waals surface area contributed by atoms with Gasteiger partial charge in [0.2, 0.25) is 0 Å². The standard InChI is InChI=1S/C16H15ClN2S/c1-10(2)11-3-6-13(7-4-11)18-16-19-14-9-12(17)5-8-15(14)20-16/h3-10H,1-2H3,(H,18,19). The van der Waals surface area contributed by atoms with Gasteiger partial charge in [-0.25, -0.2) is 4.98 Å². The lowest BCUT2D eigenvalue weighted by Gasteiger charge is -2.07. The third-order valence-corrected chi connectivity index (χ3v) is 4.37. The third-order valence-electron chi connectivity index (χ3n) is 3.18. The van der Waals surface area contributed by atoms with E-state index in [9.17, 15) is 0 Å². The summed E-state index contributed by atoms with van der Waals surface area (Å²) in [6, 6.07) is 14.3. The minimum absolute atomic E-state index is 0.550. The fraction of sp³-hybridized carbons (Fsp3) is 0.188. The predicted molar refractivity (Wildman–Crippen MR) is 88.4 cm³/mol. The first-order valence-corrected chi connectivity index (χ1v) is 7.74. The van der Waals surface area contributed by atoms with E-state index >= 15 is 0 Å². The van der Waals surface area contributed by atoms with E-state index in [-0.39, 0.29) is 0 Å². The molecular weight excluding hydrogens is 288 g/mol. The molecule has 0 spiro atoms. The molecule has 0 aliphatic carbocycles. The van der Waals surface area contributed by atoms with E-state index in [0.29, 0.717) is 5.92 Å². The SMILES string of the molecule is CC(C)c1ccc(Nc2nc3cc(Cl)ccc3s2)cc1. The summed E-state index contributed by atoms with van der Waals surface area (Å²) >= 11 is 7.61. The van der Waals surface area contributed by atoms with Gasteiger partial charge in [0, 0.05) is 10.7 Å². The molecule has 0 aliphatic rings. The molecule has 0 unspecified atom stereocenters. The van der Waals surface area contributed by atoms with Gasteiger partial charge >= 0.3 is 0 Å². The maximum absolute atomic E-state index is 5.98. The van der Waals surface area contributed by atoms with Crippen LogP contribution in [0, 0.1) is 0 Å². The van der Waals surface area contributed by atoms with Crippen LogP contribution in [-0.2, 0) is 0 Å². The number of hydrogen-bond acceptors (Lipinski definition) is 3. The topological polar surface area (TPSA) is 24.9 Å². The summed E-state index contributed by atoms with van der Waals surface area (Å²) in [6.45, 7) is 4.39. The van der Waals surface area contributed by atoms with Crippen LogP contribution in [-0.4, -0.2) is 4.98 Å². The van der Waals surface area contributed by atoms with Crippen molar-refractivity contribution in [2.45, 2.75) is 19.8 Å². The summed E-state index contributed by atoms with van der Waals surface area (Å²) in [7, 11) is 0. The Morgan fingerprint density at radius 3 is 2.55 bits per heavy atom. The zero-order valence-electron chi connectivity index (χ0n) is 11.4. The summed E-state index contributed by atoms with van der Waals surface area (Å²) in [5.74, 6) is 0.550. The zero-order chi connectivity index (χ0) is 14.1. The lowest BCUT2D eigenvalue weighted by molar-refractivity contribution is 0.867. The fourth-order valence-electron chi connectivity index (χ4n) is 2.03. The number of fused-ring (bicyclic) bond motifs is 1. The number of anilines is 2. The van der Waals surface area contributed by atoms with Gasteiger partial charge in [-0.3, -0.25) is 0 Å². The molecule has 1 heterocycles. The number of rotatable bonds is 3. The van der Waals surface area contributed by atoms with Crippen LogP contribution in [0.3, 0.4) is 0 Å². The Hall–Kier alpha value is -1.58. The van der Waals surface area contributed by atoms with E-state index < -0.39 is 0 Å². The highest BCUT2D eigenvalue weighted by atomic mass is 35.5. The number of aromatic nitrogens is 1. The molecule has 0 aliphatic heterocycles. The monoisotopic (exact) mass is 302 g/mol. The average molecular weight is 303 g/mol. The third kappa shape index (κ3) is 2.79. The number of benzene rings is 2. The number of thiazole rings is 1. The van der Waals surface area contributed by atoms with Crippen LogP contribution >= 0.6 is 22.9 Å². The van der Waals surface area contributed by atoms with Crippen LogP contribution in [0.4, 0.5) is 10.8 Å². The van der Waals surface area contributed by atoms with Gasteiger partial charge in [-0.1, -0.05) is 48.9 Å². The van der Waals surface area contributed by atoms with Crippen LogP contribution in [0.5, 0.6) is 0 Å². The Balaban J connectivity index is 1.85. The Bertz CT molecular complexity index is 732. The van der Waals surface area contributed by atoms with Crippen molar-refractivity contribution in [3.8, 4) is 0 Å². The van der Waals surface area contributed by atoms with Gasteiger partial charge in [-0.15, -0.1) is 0 Å². The molecule has 0 bridgehead atoms. The largest absolute Gasteiger partial charge is 0.332 e. The van der Waals surface area contributed by atoms with Crippen molar-refractivity contribution in [3.05, 3.63) is 53.1 Å². The highest BCUT2D eigenvalue weighted by Crippen LogP contribution is 2.30. The molecule has 0 saturated heterocycles. The second kappa shape index (κ2) is 5.43. The van der Waals surface area contributed by atoms with E-state index in [1.165, 1.54) is 5.56 Å². The zero-order valence-corrected chi connectivity index (χ0v) is 12.9. The summed E-state index contributed by atoms with van der Waals surface area (Å²) in [4.78, 5) is 4.55. The molecule has 2 aromatic carbocycles. The number of hydrogen-bond donors (Lipinski definition) is 1. The van der Waals surface area contributed by atoms with Gasteiger partial charge in [0.25, 0.3) is 0 Å². The number of nitrogens with zero attached hydrogens (tertiary/aromatic N) is 1. The highest BCUT2D eigenvalue weighted by molar-refractivity contribution is 7.22. The second-order valence-electron chi connectivity index (χ2n) is 5.03. The molecule has 0 fully saturated rings. The van der Waals surface area contributed by atoms with Crippen LogP contribution in [0.15, 0.2) is 42.5 Å². The lowest BCUT2D eigenvalue weighted by atomic mass is 10.0. The number of nitrogens with one attached hydrogen (secondary N) is 1.